The van der Waals surface area contributed by atoms with Crippen molar-refractivity contribution >= 4 is 23.1 Å². The molecule has 0 aliphatic rings. The standard InChI is InChI=1S/C13H15NOS2/c1-9(15)11-4-3-5-12(6-11)16-8-13-7-14-10(2)17-13/h3-7,9,15H,8H2,1-2H3. The number of rotatable bonds is 4. The van der Waals surface area contributed by atoms with Gasteiger partial charge in [-0.05, 0) is 31.5 Å². The zero-order chi connectivity index (χ0) is 12.3. The van der Waals surface area contributed by atoms with Gasteiger partial charge in [0.05, 0.1) is 11.1 Å². The molecule has 1 aromatic heterocycles. The first-order valence-corrected chi connectivity index (χ1v) is 7.27. The quantitative estimate of drug-likeness (QED) is 0.854. The number of hydrogen-bond acceptors (Lipinski definition) is 4. The van der Waals surface area contributed by atoms with Crippen LogP contribution in [0, 0.1) is 6.92 Å². The molecule has 0 radical (unpaired) electrons. The third kappa shape index (κ3) is 3.56. The lowest BCUT2D eigenvalue weighted by molar-refractivity contribution is 0.199. The summed E-state index contributed by atoms with van der Waals surface area (Å²) < 4.78 is 0. The highest BCUT2D eigenvalue weighted by Gasteiger charge is 2.03. The van der Waals surface area contributed by atoms with Gasteiger partial charge in [-0.15, -0.1) is 23.1 Å². The van der Waals surface area contributed by atoms with Crippen molar-refractivity contribution in [1.82, 2.24) is 4.98 Å². The minimum absolute atomic E-state index is 0.402. The van der Waals surface area contributed by atoms with Crippen LogP contribution in [0.4, 0.5) is 0 Å². The second-order valence-electron chi connectivity index (χ2n) is 3.88. The second-order valence-corrected chi connectivity index (χ2v) is 6.25. The van der Waals surface area contributed by atoms with Crippen molar-refractivity contribution in [2.45, 2.75) is 30.6 Å². The predicted octanol–water partition coefficient (Wildman–Crippen LogP) is 3.80. The van der Waals surface area contributed by atoms with Gasteiger partial charge in [-0.3, -0.25) is 0 Å². The topological polar surface area (TPSA) is 33.1 Å². The van der Waals surface area contributed by atoms with Gasteiger partial charge < -0.3 is 5.11 Å². The van der Waals surface area contributed by atoms with Crippen LogP contribution in [-0.2, 0) is 5.75 Å². The van der Waals surface area contributed by atoms with Gasteiger partial charge in [0.2, 0.25) is 0 Å². The summed E-state index contributed by atoms with van der Waals surface area (Å²) in [6.45, 7) is 3.81. The maximum Gasteiger partial charge on any atom is 0.0897 e. The van der Waals surface area contributed by atoms with Gasteiger partial charge in [-0.1, -0.05) is 12.1 Å². The van der Waals surface area contributed by atoms with E-state index in [-0.39, 0.29) is 0 Å². The lowest BCUT2D eigenvalue weighted by Gasteiger charge is -2.06. The van der Waals surface area contributed by atoms with E-state index in [1.165, 1.54) is 9.77 Å². The molecule has 1 atom stereocenters. The molecular formula is C13H15NOS2. The smallest absolute Gasteiger partial charge is 0.0897 e. The zero-order valence-electron chi connectivity index (χ0n) is 9.88. The highest BCUT2D eigenvalue weighted by Crippen LogP contribution is 2.27. The van der Waals surface area contributed by atoms with Crippen molar-refractivity contribution < 1.29 is 5.11 Å². The van der Waals surface area contributed by atoms with Crippen LogP contribution in [0.5, 0.6) is 0 Å². The molecule has 0 fully saturated rings. The third-order valence-corrected chi connectivity index (χ3v) is 4.53. The van der Waals surface area contributed by atoms with Gasteiger partial charge in [0.15, 0.2) is 0 Å². The Morgan fingerprint density at radius 3 is 2.94 bits per heavy atom. The van der Waals surface area contributed by atoms with Gasteiger partial charge >= 0.3 is 0 Å². The molecule has 0 bridgehead atoms. The lowest BCUT2D eigenvalue weighted by Crippen LogP contribution is -1.90. The number of aliphatic hydroxyl groups is 1. The molecule has 17 heavy (non-hydrogen) atoms. The van der Waals surface area contributed by atoms with E-state index in [1.54, 1.807) is 30.0 Å². The number of thioether (sulfide) groups is 1. The number of aryl methyl sites for hydroxylation is 1. The van der Waals surface area contributed by atoms with E-state index in [0.29, 0.717) is 0 Å². The zero-order valence-corrected chi connectivity index (χ0v) is 11.5. The molecule has 0 aliphatic carbocycles. The summed E-state index contributed by atoms with van der Waals surface area (Å²) in [4.78, 5) is 6.72. The molecule has 0 amide bonds. The molecule has 1 N–H and O–H groups in total. The minimum Gasteiger partial charge on any atom is -0.389 e. The Labute approximate surface area is 110 Å². The van der Waals surface area contributed by atoms with Gasteiger partial charge in [-0.25, -0.2) is 4.98 Å². The van der Waals surface area contributed by atoms with Crippen LogP contribution in [0.1, 0.15) is 28.5 Å². The molecule has 0 aliphatic heterocycles. The van der Waals surface area contributed by atoms with Crippen LogP contribution < -0.4 is 0 Å². The van der Waals surface area contributed by atoms with Crippen molar-refractivity contribution in [3.8, 4) is 0 Å². The molecule has 0 saturated carbocycles. The molecule has 2 nitrogen and oxygen atoms in total. The Morgan fingerprint density at radius 2 is 2.29 bits per heavy atom. The molecule has 90 valence electrons. The fourth-order valence-electron chi connectivity index (χ4n) is 1.49. The number of nitrogens with zero attached hydrogens (tertiary/aromatic N) is 1. The van der Waals surface area contributed by atoms with E-state index >= 15 is 0 Å². The van der Waals surface area contributed by atoms with Crippen molar-refractivity contribution in [3.05, 3.63) is 45.9 Å². The summed E-state index contributed by atoms with van der Waals surface area (Å²) in [7, 11) is 0. The number of hydrogen-bond donors (Lipinski definition) is 1. The van der Waals surface area contributed by atoms with Crippen molar-refractivity contribution in [3.63, 3.8) is 0 Å². The van der Waals surface area contributed by atoms with Crippen LogP contribution in [-0.4, -0.2) is 10.1 Å². The Balaban J connectivity index is 2.01. The Hall–Kier alpha value is -0.840. The number of benzene rings is 1. The van der Waals surface area contributed by atoms with Crippen molar-refractivity contribution in [2.24, 2.45) is 0 Å². The van der Waals surface area contributed by atoms with Crippen LogP contribution >= 0.6 is 23.1 Å². The molecular weight excluding hydrogens is 250 g/mol. The summed E-state index contributed by atoms with van der Waals surface area (Å²) in [5.74, 6) is 0.939. The average Bonchev–Trinajstić information content (AvgIpc) is 2.73. The first-order chi connectivity index (χ1) is 8.15. The first-order valence-electron chi connectivity index (χ1n) is 5.47. The van der Waals surface area contributed by atoms with E-state index in [4.69, 9.17) is 0 Å². The Bertz CT molecular complexity index is 494. The number of thiazole rings is 1. The van der Waals surface area contributed by atoms with Gasteiger partial charge in [0.25, 0.3) is 0 Å². The van der Waals surface area contributed by atoms with Crippen LogP contribution in [0.2, 0.25) is 0 Å². The van der Waals surface area contributed by atoms with E-state index in [9.17, 15) is 5.11 Å². The third-order valence-electron chi connectivity index (χ3n) is 2.39. The van der Waals surface area contributed by atoms with Crippen LogP contribution in [0.25, 0.3) is 0 Å². The van der Waals surface area contributed by atoms with Crippen LogP contribution in [0.15, 0.2) is 35.4 Å². The van der Waals surface area contributed by atoms with Gasteiger partial charge in [0, 0.05) is 21.7 Å². The minimum atomic E-state index is -0.402. The highest BCUT2D eigenvalue weighted by atomic mass is 32.2. The first kappa shape index (κ1) is 12.6. The van der Waals surface area contributed by atoms with E-state index < -0.39 is 6.10 Å². The normalized spacial score (nSPS) is 12.6. The fraction of sp³-hybridized carbons (Fsp3) is 0.308. The van der Waals surface area contributed by atoms with Crippen LogP contribution in [0.3, 0.4) is 0 Å². The average molecular weight is 265 g/mol. The highest BCUT2D eigenvalue weighted by molar-refractivity contribution is 7.98. The molecule has 2 rings (SSSR count). The largest absolute Gasteiger partial charge is 0.389 e. The van der Waals surface area contributed by atoms with E-state index in [0.717, 1.165) is 16.3 Å². The monoisotopic (exact) mass is 265 g/mol. The molecule has 2 aromatic rings. The summed E-state index contributed by atoms with van der Waals surface area (Å²) in [6, 6.07) is 8.06. The maximum absolute atomic E-state index is 9.52. The summed E-state index contributed by atoms with van der Waals surface area (Å²) in [6.07, 6.45) is 1.53. The number of aromatic nitrogens is 1. The lowest BCUT2D eigenvalue weighted by atomic mass is 10.1. The molecule has 0 saturated heterocycles. The molecule has 1 aromatic carbocycles. The van der Waals surface area contributed by atoms with E-state index in [2.05, 4.69) is 11.1 Å². The fourth-order valence-corrected chi connectivity index (χ4v) is 3.27. The second kappa shape index (κ2) is 5.67. The molecule has 0 spiro atoms. The van der Waals surface area contributed by atoms with Gasteiger partial charge in [-0.2, -0.15) is 0 Å². The van der Waals surface area contributed by atoms with Crippen molar-refractivity contribution in [2.75, 3.05) is 0 Å². The summed E-state index contributed by atoms with van der Waals surface area (Å²) in [5, 5.41) is 10.6. The summed E-state index contributed by atoms with van der Waals surface area (Å²) in [5.41, 5.74) is 0.968. The van der Waals surface area contributed by atoms with Crippen molar-refractivity contribution in [1.29, 1.82) is 0 Å². The molecule has 4 heteroatoms. The molecule has 1 unspecified atom stereocenters. The predicted molar refractivity (Wildman–Crippen MR) is 73.5 cm³/mol. The SMILES string of the molecule is Cc1ncc(CSc2cccc(C(C)O)c2)s1. The Kier molecular flexibility index (Phi) is 4.20. The maximum atomic E-state index is 9.52. The van der Waals surface area contributed by atoms with Gasteiger partial charge in [0.1, 0.15) is 0 Å². The van der Waals surface area contributed by atoms with E-state index in [1.807, 2.05) is 31.3 Å². The molecule has 1 heterocycles. The Morgan fingerprint density at radius 1 is 1.47 bits per heavy atom. The summed E-state index contributed by atoms with van der Waals surface area (Å²) >= 11 is 3.51. The number of aliphatic hydroxyl groups excluding tert-OH is 1.